The molecule has 3 fully saturated rings. The van der Waals surface area contributed by atoms with Crippen molar-refractivity contribution in [3.05, 3.63) is 18.0 Å². The first-order valence-corrected chi connectivity index (χ1v) is 11.8. The van der Waals surface area contributed by atoms with Gasteiger partial charge in [-0.15, -0.1) is 0 Å². The maximum atomic E-state index is 13.2. The topological polar surface area (TPSA) is 78.6 Å². The van der Waals surface area contributed by atoms with Crippen LogP contribution in [0.4, 0.5) is 0 Å². The van der Waals surface area contributed by atoms with Gasteiger partial charge in [-0.2, -0.15) is 0 Å². The van der Waals surface area contributed by atoms with E-state index in [-0.39, 0.29) is 23.6 Å². The van der Waals surface area contributed by atoms with Gasteiger partial charge in [0.15, 0.2) is 5.76 Å². The van der Waals surface area contributed by atoms with Crippen LogP contribution >= 0.6 is 0 Å². The number of hydrogen-bond acceptors (Lipinski definition) is 5. The van der Waals surface area contributed by atoms with Crippen molar-refractivity contribution in [3.63, 3.8) is 0 Å². The van der Waals surface area contributed by atoms with Crippen molar-refractivity contribution in [3.8, 4) is 0 Å². The predicted octanol–water partition coefficient (Wildman–Crippen LogP) is 3.60. The van der Waals surface area contributed by atoms with Gasteiger partial charge >= 0.3 is 0 Å². The highest BCUT2D eigenvalue weighted by Gasteiger charge is 2.49. The minimum atomic E-state index is -1.59. The molecule has 1 saturated heterocycles. The van der Waals surface area contributed by atoms with Crippen LogP contribution in [-0.2, 0) is 10.4 Å². The van der Waals surface area contributed by atoms with Crippen LogP contribution in [0.5, 0.6) is 0 Å². The Morgan fingerprint density at radius 2 is 1.72 bits per heavy atom. The average molecular weight is 404 g/mol. The molecule has 4 rings (SSSR count). The zero-order chi connectivity index (χ0) is 20.1. The molecule has 1 aliphatic heterocycles. The Bertz CT molecular complexity index is 628. The number of amides is 1. The first-order chi connectivity index (χ1) is 14.2. The molecule has 162 valence electrons. The molecule has 2 N–H and O–H groups in total. The molecule has 0 radical (unpaired) electrons. The molecule has 2 aliphatic carbocycles. The van der Waals surface area contributed by atoms with E-state index in [1.165, 1.54) is 51.3 Å². The molecule has 3 aliphatic rings. The summed E-state index contributed by atoms with van der Waals surface area (Å²) < 4.78 is 5.26. The summed E-state index contributed by atoms with van der Waals surface area (Å²) in [5, 5.41) is 18.3. The highest BCUT2D eigenvalue weighted by Crippen LogP contribution is 2.41. The van der Waals surface area contributed by atoms with Crippen LogP contribution in [0.25, 0.3) is 0 Å². The van der Waals surface area contributed by atoms with E-state index >= 15 is 0 Å². The molecule has 6 nitrogen and oxygen atoms in total. The van der Waals surface area contributed by atoms with E-state index in [0.29, 0.717) is 0 Å². The van der Waals surface area contributed by atoms with Crippen molar-refractivity contribution in [1.82, 2.24) is 15.4 Å². The summed E-state index contributed by atoms with van der Waals surface area (Å²) in [5.41, 5.74) is -1.59. The third-order valence-electron chi connectivity index (χ3n) is 7.52. The minimum Gasteiger partial charge on any atom is -0.373 e. The lowest BCUT2D eigenvalue weighted by Gasteiger charge is -2.37. The number of aliphatic hydroxyl groups is 1. The smallest absolute Gasteiger partial charge is 0.260 e. The summed E-state index contributed by atoms with van der Waals surface area (Å²) in [6, 6.07) is 1.76. The number of carbonyl (C=O) groups is 1. The number of nitrogens with one attached hydrogen (secondary N) is 1. The van der Waals surface area contributed by atoms with Crippen LogP contribution in [-0.4, -0.2) is 46.7 Å². The Morgan fingerprint density at radius 3 is 2.34 bits per heavy atom. The quantitative estimate of drug-likeness (QED) is 0.710. The van der Waals surface area contributed by atoms with Crippen molar-refractivity contribution < 1.29 is 14.4 Å². The molecule has 1 aromatic rings. The summed E-state index contributed by atoms with van der Waals surface area (Å²) in [7, 11) is 0. The van der Waals surface area contributed by atoms with Crippen LogP contribution in [0.2, 0.25) is 0 Å². The fraction of sp³-hybridized carbons (Fsp3) is 0.826. The molecule has 0 aromatic carbocycles. The van der Waals surface area contributed by atoms with Crippen LogP contribution in [0.15, 0.2) is 16.8 Å². The summed E-state index contributed by atoms with van der Waals surface area (Å²) in [6.07, 6.45) is 15.6. The number of rotatable bonds is 6. The van der Waals surface area contributed by atoms with Gasteiger partial charge in [-0.1, -0.05) is 43.7 Å². The average Bonchev–Trinajstić information content (AvgIpc) is 3.41. The maximum Gasteiger partial charge on any atom is 0.260 e. The highest BCUT2D eigenvalue weighted by atomic mass is 16.5. The van der Waals surface area contributed by atoms with Gasteiger partial charge in [-0.3, -0.25) is 4.79 Å². The lowest BCUT2D eigenvalue weighted by atomic mass is 9.82. The molecular weight excluding hydrogens is 366 g/mol. The monoisotopic (exact) mass is 403 g/mol. The Morgan fingerprint density at radius 1 is 1.07 bits per heavy atom. The number of aromatic nitrogens is 1. The second-order valence-corrected chi connectivity index (χ2v) is 9.53. The lowest BCUT2D eigenvalue weighted by Crippen LogP contribution is -2.54. The predicted molar refractivity (Wildman–Crippen MR) is 111 cm³/mol. The van der Waals surface area contributed by atoms with Crippen molar-refractivity contribution in [2.45, 2.75) is 88.7 Å². The van der Waals surface area contributed by atoms with Gasteiger partial charge in [0.25, 0.3) is 5.91 Å². The van der Waals surface area contributed by atoms with Gasteiger partial charge in [-0.05, 0) is 44.4 Å². The fourth-order valence-electron chi connectivity index (χ4n) is 5.72. The van der Waals surface area contributed by atoms with E-state index in [4.69, 9.17) is 4.52 Å². The first kappa shape index (κ1) is 20.9. The minimum absolute atomic E-state index is 0.0919. The second-order valence-electron chi connectivity index (χ2n) is 9.53. The Labute approximate surface area is 174 Å². The highest BCUT2D eigenvalue weighted by molar-refractivity contribution is 5.86. The number of nitrogens with zero attached hydrogens (tertiary/aromatic N) is 2. The van der Waals surface area contributed by atoms with E-state index in [0.717, 1.165) is 57.5 Å². The maximum absolute atomic E-state index is 13.2. The van der Waals surface area contributed by atoms with E-state index in [1.54, 1.807) is 6.07 Å². The van der Waals surface area contributed by atoms with E-state index in [1.807, 2.05) is 0 Å². The molecule has 1 aromatic heterocycles. The Kier molecular flexibility index (Phi) is 6.91. The molecule has 1 unspecified atom stereocenters. The van der Waals surface area contributed by atoms with E-state index in [9.17, 15) is 9.90 Å². The van der Waals surface area contributed by atoms with Gasteiger partial charge in [0, 0.05) is 37.7 Å². The van der Waals surface area contributed by atoms with Gasteiger partial charge < -0.3 is 19.8 Å². The SMILES string of the molecule is O=C(NC1CCN(CC2CCCCCC2)CC1)C(O)(c1ccno1)C1CCCC1. The van der Waals surface area contributed by atoms with Crippen LogP contribution in [0.1, 0.15) is 82.8 Å². The van der Waals surface area contributed by atoms with Crippen molar-refractivity contribution >= 4 is 5.91 Å². The molecule has 2 saturated carbocycles. The molecular formula is C23H37N3O3. The molecule has 1 atom stereocenters. The number of hydrogen-bond donors (Lipinski definition) is 2. The molecule has 29 heavy (non-hydrogen) atoms. The van der Waals surface area contributed by atoms with Crippen molar-refractivity contribution in [2.24, 2.45) is 11.8 Å². The van der Waals surface area contributed by atoms with Crippen molar-refractivity contribution in [2.75, 3.05) is 19.6 Å². The van der Waals surface area contributed by atoms with Gasteiger partial charge in [0.1, 0.15) is 0 Å². The third-order valence-corrected chi connectivity index (χ3v) is 7.52. The molecule has 1 amide bonds. The van der Waals surface area contributed by atoms with E-state index < -0.39 is 5.60 Å². The zero-order valence-electron chi connectivity index (χ0n) is 17.7. The molecule has 6 heteroatoms. The van der Waals surface area contributed by atoms with Gasteiger partial charge in [-0.25, -0.2) is 0 Å². The normalized spacial score (nSPS) is 25.6. The second kappa shape index (κ2) is 9.61. The standard InChI is InChI=1S/C23H37N3O3/c27-22(23(28,19-9-5-6-10-19)21-11-14-24-29-21)25-20-12-15-26(16-13-20)17-18-7-3-1-2-4-8-18/h11,14,18-20,28H,1-10,12-13,15-17H2,(H,25,27). The molecule has 2 heterocycles. The number of carbonyl (C=O) groups excluding carboxylic acids is 1. The molecule has 0 spiro atoms. The fourth-order valence-corrected chi connectivity index (χ4v) is 5.72. The van der Waals surface area contributed by atoms with Gasteiger partial charge in [0.05, 0.1) is 6.20 Å². The van der Waals surface area contributed by atoms with Gasteiger partial charge in [0.2, 0.25) is 5.60 Å². The summed E-state index contributed by atoms with van der Waals surface area (Å²) in [6.45, 7) is 3.28. The summed E-state index contributed by atoms with van der Waals surface area (Å²) in [4.78, 5) is 15.8. The van der Waals surface area contributed by atoms with Crippen LogP contribution in [0, 0.1) is 11.8 Å². The zero-order valence-corrected chi connectivity index (χ0v) is 17.7. The summed E-state index contributed by atoms with van der Waals surface area (Å²) >= 11 is 0. The van der Waals surface area contributed by atoms with Crippen molar-refractivity contribution in [1.29, 1.82) is 0 Å². The first-order valence-electron chi connectivity index (χ1n) is 11.8. The third kappa shape index (κ3) is 4.85. The Balaban J connectivity index is 1.31. The Hall–Kier alpha value is -1.40. The lowest BCUT2D eigenvalue weighted by molar-refractivity contribution is -0.151. The largest absolute Gasteiger partial charge is 0.373 e. The van der Waals surface area contributed by atoms with Crippen LogP contribution < -0.4 is 5.32 Å². The number of likely N-dealkylation sites (tertiary alicyclic amines) is 1. The summed E-state index contributed by atoms with van der Waals surface area (Å²) in [5.74, 6) is 0.740. The van der Waals surface area contributed by atoms with E-state index in [2.05, 4.69) is 15.4 Å². The molecule has 0 bridgehead atoms. The van der Waals surface area contributed by atoms with Crippen LogP contribution in [0.3, 0.4) is 0 Å². The number of piperidine rings is 1.